The molecule has 0 aromatic rings. The number of amides is 6. The number of nitrogens with two attached hydrogens (primary N) is 3. The van der Waals surface area contributed by atoms with Crippen LogP contribution in [0.3, 0.4) is 0 Å². The van der Waals surface area contributed by atoms with E-state index in [-0.39, 0.29) is 37.7 Å². The third-order valence-corrected chi connectivity index (χ3v) is 6.98. The van der Waals surface area contributed by atoms with E-state index in [0.717, 1.165) is 0 Å². The van der Waals surface area contributed by atoms with Crippen LogP contribution < -0.4 is 49.1 Å². The van der Waals surface area contributed by atoms with E-state index >= 15 is 0 Å². The number of aliphatic hydroxyl groups is 5. The summed E-state index contributed by atoms with van der Waals surface area (Å²) in [6, 6.07) is -11.1. The molecule has 0 aliphatic rings. The van der Waals surface area contributed by atoms with Crippen molar-refractivity contribution in [3.8, 4) is 0 Å². The Labute approximate surface area is 293 Å². The zero-order valence-corrected chi connectivity index (χ0v) is 28.6. The molecule has 0 unspecified atom stereocenters. The Morgan fingerprint density at radius 3 is 1.24 bits per heavy atom. The van der Waals surface area contributed by atoms with Crippen molar-refractivity contribution < 1.29 is 64.2 Å². The number of carbonyl (C=O) groups is 7. The number of hydrogen-bond donors (Lipinski definition) is 15. The number of carboxylic acids is 1. The molecule has 0 spiro atoms. The molecule has 0 fully saturated rings. The molecular weight excluding hydrogens is 684 g/mol. The second-order valence-corrected chi connectivity index (χ2v) is 11.8. The minimum atomic E-state index is -1.77. The number of aliphatic carboxylic acids is 1. The molecule has 0 bridgehead atoms. The van der Waals surface area contributed by atoms with Crippen LogP contribution in [0.25, 0.3) is 0 Å². The van der Waals surface area contributed by atoms with Crippen molar-refractivity contribution in [2.45, 2.75) is 88.4 Å². The number of rotatable bonds is 24. The van der Waals surface area contributed by atoms with Gasteiger partial charge in [-0.1, -0.05) is 13.8 Å². The lowest BCUT2D eigenvalue weighted by molar-refractivity contribution is -0.142. The average Bonchev–Trinajstić information content (AvgIpc) is 3.06. The van der Waals surface area contributed by atoms with E-state index in [1.165, 1.54) is 6.92 Å². The van der Waals surface area contributed by atoms with Crippen LogP contribution in [0, 0.1) is 5.92 Å². The van der Waals surface area contributed by atoms with E-state index in [9.17, 15) is 64.2 Å². The first-order chi connectivity index (χ1) is 23.8. The van der Waals surface area contributed by atoms with Gasteiger partial charge in [0, 0.05) is 6.54 Å². The summed E-state index contributed by atoms with van der Waals surface area (Å²) in [7, 11) is 0. The summed E-state index contributed by atoms with van der Waals surface area (Å²) in [5.74, 6) is -8.38. The summed E-state index contributed by atoms with van der Waals surface area (Å²) in [6.45, 7) is 0.648. The number of aliphatic hydroxyl groups excluding tert-OH is 5. The second kappa shape index (κ2) is 23.7. The van der Waals surface area contributed by atoms with Gasteiger partial charge < -0.3 is 79.7 Å². The zero-order chi connectivity index (χ0) is 39.4. The monoisotopic (exact) mass is 736 g/mol. The van der Waals surface area contributed by atoms with E-state index in [1.54, 1.807) is 13.8 Å². The summed E-state index contributed by atoms with van der Waals surface area (Å²) >= 11 is 0. The lowest BCUT2D eigenvalue weighted by Gasteiger charge is -2.26. The molecule has 0 radical (unpaired) electrons. The Morgan fingerprint density at radius 1 is 0.588 bits per heavy atom. The predicted octanol–water partition coefficient (Wildman–Crippen LogP) is -8.24. The van der Waals surface area contributed by atoms with Crippen LogP contribution in [0.2, 0.25) is 0 Å². The summed E-state index contributed by atoms with van der Waals surface area (Å²) in [5, 5.41) is 70.7. The fraction of sp³-hybridized carbons (Fsp3) is 0.714. The molecule has 0 aliphatic carbocycles. The Balaban J connectivity index is 5.63. The Bertz CT molecular complexity index is 1220. The third-order valence-electron chi connectivity index (χ3n) is 6.98. The molecule has 0 rings (SSSR count). The van der Waals surface area contributed by atoms with Crippen LogP contribution in [-0.4, -0.2) is 159 Å². The summed E-state index contributed by atoms with van der Waals surface area (Å²) in [6.07, 6.45) is -1.28. The molecule has 23 nitrogen and oxygen atoms in total. The minimum Gasteiger partial charge on any atom is -0.480 e. The van der Waals surface area contributed by atoms with E-state index in [4.69, 9.17) is 17.2 Å². The molecule has 0 heterocycles. The normalized spacial score (nSPS) is 15.7. The Kier molecular flexibility index (Phi) is 21.5. The first kappa shape index (κ1) is 46.3. The van der Waals surface area contributed by atoms with E-state index in [0.29, 0.717) is 0 Å². The molecule has 292 valence electrons. The van der Waals surface area contributed by atoms with Crippen LogP contribution in [0.4, 0.5) is 0 Å². The standard InChI is InChI=1S/C28H52N10O13/c1-12(2)7-15(21(44)35-16(8-39)22(45)33-14(27(50)51)5-4-6-32-28(30)31)34-23(46)17(9-40)36-24(47)18(10-41)37-25(48)19(11-42)38-26(49)20(29)13(3)43/h12-20,39-43H,4-11,29H2,1-3H3,(H,33,45)(H,34,46)(H,35,44)(H,36,47)(H,37,48)(H,38,49)(H,50,51)(H4,30,31,32)/t13-,14+,15+,16+,17+,18+,19+,20+/m1/s1. The lowest BCUT2D eigenvalue weighted by Crippen LogP contribution is -2.61. The molecule has 8 atom stereocenters. The van der Waals surface area contributed by atoms with Gasteiger partial charge in [0.25, 0.3) is 0 Å². The maximum Gasteiger partial charge on any atom is 0.326 e. The number of nitrogens with one attached hydrogen (secondary N) is 6. The number of hydrogen-bond acceptors (Lipinski definition) is 14. The number of carbonyl (C=O) groups excluding carboxylic acids is 6. The highest BCUT2D eigenvalue weighted by Gasteiger charge is 2.33. The number of aliphatic imine (C=N–C) groups is 1. The van der Waals surface area contributed by atoms with Crippen LogP contribution in [0.15, 0.2) is 4.99 Å². The lowest BCUT2D eigenvalue weighted by atomic mass is 10.0. The molecule has 18 N–H and O–H groups in total. The van der Waals surface area contributed by atoms with Gasteiger partial charge in [0.2, 0.25) is 35.4 Å². The predicted molar refractivity (Wildman–Crippen MR) is 177 cm³/mol. The van der Waals surface area contributed by atoms with Crippen LogP contribution in [-0.2, 0) is 33.6 Å². The van der Waals surface area contributed by atoms with Gasteiger partial charge in [0.1, 0.15) is 42.3 Å². The highest BCUT2D eigenvalue weighted by Crippen LogP contribution is 2.07. The zero-order valence-electron chi connectivity index (χ0n) is 28.6. The van der Waals surface area contributed by atoms with Crippen molar-refractivity contribution in [1.82, 2.24) is 31.9 Å². The van der Waals surface area contributed by atoms with Gasteiger partial charge in [-0.15, -0.1) is 0 Å². The van der Waals surface area contributed by atoms with Gasteiger partial charge in [-0.05, 0) is 32.1 Å². The molecular formula is C28H52N10O13. The first-order valence-corrected chi connectivity index (χ1v) is 15.8. The summed E-state index contributed by atoms with van der Waals surface area (Å²) in [4.78, 5) is 91.8. The maximum absolute atomic E-state index is 13.2. The average molecular weight is 737 g/mol. The van der Waals surface area contributed by atoms with Crippen molar-refractivity contribution >= 4 is 47.4 Å². The highest BCUT2D eigenvalue weighted by atomic mass is 16.4. The molecule has 6 amide bonds. The van der Waals surface area contributed by atoms with Crippen LogP contribution in [0.5, 0.6) is 0 Å². The fourth-order valence-electron chi connectivity index (χ4n) is 4.09. The van der Waals surface area contributed by atoms with Crippen LogP contribution in [0.1, 0.15) is 40.0 Å². The quantitative estimate of drug-likeness (QED) is 0.0248. The van der Waals surface area contributed by atoms with Crippen molar-refractivity contribution in [3.05, 3.63) is 0 Å². The Hall–Kier alpha value is -4.68. The van der Waals surface area contributed by atoms with Crippen molar-refractivity contribution in [1.29, 1.82) is 0 Å². The van der Waals surface area contributed by atoms with Crippen LogP contribution >= 0.6 is 0 Å². The largest absolute Gasteiger partial charge is 0.480 e. The highest BCUT2D eigenvalue weighted by molar-refractivity contribution is 5.97. The van der Waals surface area contributed by atoms with E-state index < -0.39 is 116 Å². The molecule has 0 saturated carbocycles. The maximum atomic E-state index is 13.2. The van der Waals surface area contributed by atoms with Gasteiger partial charge in [-0.2, -0.15) is 0 Å². The molecule has 0 saturated heterocycles. The van der Waals surface area contributed by atoms with Gasteiger partial charge in [-0.3, -0.25) is 33.8 Å². The minimum absolute atomic E-state index is 0.0473. The molecule has 23 heteroatoms. The van der Waals surface area contributed by atoms with Crippen molar-refractivity contribution in [2.75, 3.05) is 33.0 Å². The topological polar surface area (TPSA) is 403 Å². The first-order valence-electron chi connectivity index (χ1n) is 15.8. The molecule has 0 aromatic heterocycles. The SMILES string of the molecule is CC(C)C[C@H](NC(=O)[C@H](CO)NC(=O)[C@H](CO)NC(=O)[C@H](CO)NC(=O)[C@@H](N)[C@@H](C)O)C(=O)N[C@@H](CO)C(=O)N[C@@H](CCCN=C(N)N)C(=O)O. The van der Waals surface area contributed by atoms with Gasteiger partial charge in [0.15, 0.2) is 5.96 Å². The fourth-order valence-corrected chi connectivity index (χ4v) is 4.09. The summed E-state index contributed by atoms with van der Waals surface area (Å²) in [5.41, 5.74) is 15.9. The Morgan fingerprint density at radius 2 is 0.922 bits per heavy atom. The molecule has 0 aliphatic heterocycles. The van der Waals surface area contributed by atoms with Gasteiger partial charge >= 0.3 is 5.97 Å². The van der Waals surface area contributed by atoms with Crippen molar-refractivity contribution in [2.24, 2.45) is 28.1 Å². The second-order valence-electron chi connectivity index (χ2n) is 11.8. The number of nitrogens with zero attached hydrogens (tertiary/aromatic N) is 1. The number of guanidine groups is 1. The summed E-state index contributed by atoms with van der Waals surface area (Å²) < 4.78 is 0. The number of carboxylic acid groups (broad SMARTS) is 1. The van der Waals surface area contributed by atoms with Gasteiger partial charge in [-0.25, -0.2) is 4.79 Å². The van der Waals surface area contributed by atoms with Crippen molar-refractivity contribution in [3.63, 3.8) is 0 Å². The molecule has 51 heavy (non-hydrogen) atoms. The molecule has 0 aromatic carbocycles. The smallest absolute Gasteiger partial charge is 0.326 e. The third kappa shape index (κ3) is 17.2. The van der Waals surface area contributed by atoms with E-state index in [1.807, 2.05) is 0 Å². The van der Waals surface area contributed by atoms with E-state index in [2.05, 4.69) is 36.9 Å². The van der Waals surface area contributed by atoms with Gasteiger partial charge in [0.05, 0.1) is 32.5 Å².